The topological polar surface area (TPSA) is 54.4 Å². The lowest BCUT2D eigenvalue weighted by molar-refractivity contribution is -0.861. The molecule has 0 heterocycles. The van der Waals surface area contributed by atoms with Crippen LogP contribution in [0.3, 0.4) is 0 Å². The maximum atomic E-state index is 11.9. The predicted molar refractivity (Wildman–Crippen MR) is 130 cm³/mol. The first-order valence-electron chi connectivity index (χ1n) is 11.7. The number of carbonyl (C=O) groups is 2. The Hall–Kier alpha value is 0.0400. The summed E-state index contributed by atoms with van der Waals surface area (Å²) in [5.74, 6) is 0.558. The first kappa shape index (κ1) is 29.0. The summed E-state index contributed by atoms with van der Waals surface area (Å²) in [6.45, 7) is 2.61. The summed E-state index contributed by atoms with van der Waals surface area (Å²) >= 11 is 1.28. The van der Waals surface area contributed by atoms with E-state index in [1.165, 1.54) is 82.4 Å². The molecule has 0 radical (unpaired) electrons. The van der Waals surface area contributed by atoms with Gasteiger partial charge in [0.1, 0.15) is 14.7 Å². The third-order valence-electron chi connectivity index (χ3n) is 4.95. The number of carbonyl (C=O) groups excluding carboxylic acids is 2. The number of thioether (sulfide) groups is 1. The fourth-order valence-corrected chi connectivity index (χ4v) is 5.63. The van der Waals surface area contributed by atoms with Crippen LogP contribution in [0.5, 0.6) is 0 Å². The molecule has 0 aliphatic rings. The first-order chi connectivity index (χ1) is 13.8. The van der Waals surface area contributed by atoms with E-state index < -0.39 is 8.15 Å². The zero-order valence-electron chi connectivity index (χ0n) is 19.6. The summed E-state index contributed by atoms with van der Waals surface area (Å²) in [5.41, 5.74) is -0.0722. The normalized spacial score (nSPS) is 12.9. The van der Waals surface area contributed by atoms with Crippen LogP contribution in [0.1, 0.15) is 96.8 Å². The van der Waals surface area contributed by atoms with Gasteiger partial charge in [-0.2, -0.15) is 0 Å². The summed E-state index contributed by atoms with van der Waals surface area (Å²) in [6, 6.07) is 0. The van der Waals surface area contributed by atoms with Gasteiger partial charge in [-0.15, -0.1) is 0 Å². The number of nitrogens with zero attached hydrogens (tertiary/aromatic N) is 1. The first-order valence-corrected chi connectivity index (χ1v) is 14.2. The standard InChI is InChI=1S/C23H47NO3PS/c1-5-6-7-8-9-10-11-12-13-14-15-16-17-18-23(26)29-20-19-28(27)22(25)21-24(2,3)4/h27H,5-21H2,1-4H3/q+1. The largest absolute Gasteiger partial charge is 0.366 e. The highest BCUT2D eigenvalue weighted by Gasteiger charge is 2.22. The smallest absolute Gasteiger partial charge is 0.234 e. The minimum atomic E-state index is -1.60. The molecule has 0 fully saturated rings. The number of quaternary nitrogens is 1. The van der Waals surface area contributed by atoms with E-state index in [4.69, 9.17) is 0 Å². The van der Waals surface area contributed by atoms with E-state index in [1.54, 1.807) is 0 Å². The molecule has 0 aliphatic heterocycles. The Morgan fingerprint density at radius 2 is 1.24 bits per heavy atom. The van der Waals surface area contributed by atoms with Gasteiger partial charge in [-0.25, -0.2) is 0 Å². The van der Waals surface area contributed by atoms with Crippen LogP contribution < -0.4 is 0 Å². The molecule has 0 saturated heterocycles. The molecule has 1 unspecified atom stereocenters. The van der Waals surface area contributed by atoms with Gasteiger partial charge in [0, 0.05) is 18.3 Å². The van der Waals surface area contributed by atoms with Crippen molar-refractivity contribution in [3.8, 4) is 0 Å². The molecule has 1 atom stereocenters. The molecule has 0 aromatic carbocycles. The molecule has 0 rings (SSSR count). The van der Waals surface area contributed by atoms with Crippen molar-refractivity contribution in [1.82, 2.24) is 0 Å². The summed E-state index contributed by atoms with van der Waals surface area (Å²) < 4.78 is 0.531. The van der Waals surface area contributed by atoms with Crippen LogP contribution in [-0.4, -0.2) is 59.6 Å². The maximum absolute atomic E-state index is 11.9. The Morgan fingerprint density at radius 3 is 1.69 bits per heavy atom. The lowest BCUT2D eigenvalue weighted by atomic mass is 10.0. The third-order valence-corrected chi connectivity index (χ3v) is 7.55. The molecule has 0 aromatic rings. The van der Waals surface area contributed by atoms with Gasteiger partial charge in [0.2, 0.25) is 5.52 Å². The summed E-state index contributed by atoms with van der Waals surface area (Å²) in [6.07, 6.45) is 18.1. The molecule has 1 N–H and O–H groups in total. The van der Waals surface area contributed by atoms with E-state index in [0.717, 1.165) is 12.8 Å². The van der Waals surface area contributed by atoms with Gasteiger partial charge in [-0.3, -0.25) is 9.59 Å². The van der Waals surface area contributed by atoms with Crippen molar-refractivity contribution in [2.45, 2.75) is 96.8 Å². The Bertz CT molecular complexity index is 427. The number of unbranched alkanes of at least 4 members (excludes halogenated alkanes) is 12. The van der Waals surface area contributed by atoms with Gasteiger partial charge < -0.3 is 9.38 Å². The van der Waals surface area contributed by atoms with Crippen molar-refractivity contribution in [2.75, 3.05) is 39.6 Å². The molecule has 0 bridgehead atoms. The SMILES string of the molecule is CCCCCCCCCCCCCCCC(=O)SCCP(O)C(=O)C[N+](C)(C)C. The lowest BCUT2D eigenvalue weighted by Gasteiger charge is -2.23. The number of rotatable bonds is 20. The van der Waals surface area contributed by atoms with Crippen molar-refractivity contribution >= 4 is 30.6 Å². The molecule has 4 nitrogen and oxygen atoms in total. The number of hydrogen-bond acceptors (Lipinski definition) is 4. The van der Waals surface area contributed by atoms with Crippen LogP contribution in [0.15, 0.2) is 0 Å². The molecule has 6 heteroatoms. The second-order valence-corrected chi connectivity index (χ2v) is 12.1. The van der Waals surface area contributed by atoms with Crippen LogP contribution in [0.4, 0.5) is 0 Å². The average molecular weight is 449 g/mol. The van der Waals surface area contributed by atoms with Crippen molar-refractivity contribution < 1.29 is 19.0 Å². The van der Waals surface area contributed by atoms with E-state index in [0.29, 0.717) is 29.4 Å². The van der Waals surface area contributed by atoms with Gasteiger partial charge in [-0.05, 0) is 6.42 Å². The molecule has 0 amide bonds. The molecule has 0 aliphatic carbocycles. The van der Waals surface area contributed by atoms with Crippen LogP contribution in [0.2, 0.25) is 0 Å². The Kier molecular flexibility index (Phi) is 18.8. The van der Waals surface area contributed by atoms with Gasteiger partial charge in [-0.1, -0.05) is 95.7 Å². The van der Waals surface area contributed by atoms with Gasteiger partial charge >= 0.3 is 0 Å². The second-order valence-electron chi connectivity index (χ2n) is 9.18. The maximum Gasteiger partial charge on any atom is 0.234 e. The lowest BCUT2D eigenvalue weighted by Crippen LogP contribution is -2.39. The predicted octanol–water partition coefficient (Wildman–Crippen LogP) is 6.35. The van der Waals surface area contributed by atoms with Crippen LogP contribution in [-0.2, 0) is 9.59 Å². The fourth-order valence-electron chi connectivity index (χ4n) is 3.22. The highest BCUT2D eigenvalue weighted by atomic mass is 32.2. The number of hydrogen-bond donors (Lipinski definition) is 1. The molecule has 0 saturated carbocycles. The molecular formula is C23H47NO3PS+. The van der Waals surface area contributed by atoms with Crippen molar-refractivity contribution in [3.05, 3.63) is 0 Å². The molecule has 0 aromatic heterocycles. The van der Waals surface area contributed by atoms with Crippen molar-refractivity contribution in [2.24, 2.45) is 0 Å². The summed E-state index contributed by atoms with van der Waals surface area (Å²) in [5, 5.41) is 0.204. The van der Waals surface area contributed by atoms with E-state index >= 15 is 0 Å². The van der Waals surface area contributed by atoms with E-state index in [-0.39, 0.29) is 10.6 Å². The zero-order valence-corrected chi connectivity index (χ0v) is 21.3. The van der Waals surface area contributed by atoms with E-state index in [1.807, 2.05) is 21.1 Å². The second kappa shape index (κ2) is 18.8. The average Bonchev–Trinajstić information content (AvgIpc) is 2.64. The Morgan fingerprint density at radius 1 is 0.793 bits per heavy atom. The molecule has 0 spiro atoms. The Balaban J connectivity index is 3.43. The molecular weight excluding hydrogens is 401 g/mol. The highest BCUT2D eigenvalue weighted by Crippen LogP contribution is 2.32. The molecule has 29 heavy (non-hydrogen) atoms. The van der Waals surface area contributed by atoms with E-state index in [2.05, 4.69) is 6.92 Å². The number of likely N-dealkylation sites (N-methyl/N-ethyl adjacent to an activating group) is 1. The van der Waals surface area contributed by atoms with E-state index in [9.17, 15) is 14.5 Å². The summed E-state index contributed by atoms with van der Waals surface area (Å²) in [7, 11) is 4.22. The summed E-state index contributed by atoms with van der Waals surface area (Å²) in [4.78, 5) is 33.8. The third kappa shape index (κ3) is 21.1. The fraction of sp³-hybridized carbons (Fsp3) is 0.913. The minimum Gasteiger partial charge on any atom is -0.366 e. The van der Waals surface area contributed by atoms with Gasteiger partial charge in [0.15, 0.2) is 5.12 Å². The van der Waals surface area contributed by atoms with Gasteiger partial charge in [0.25, 0.3) is 0 Å². The van der Waals surface area contributed by atoms with Crippen LogP contribution in [0.25, 0.3) is 0 Å². The van der Waals surface area contributed by atoms with Crippen LogP contribution in [0, 0.1) is 0 Å². The molecule has 172 valence electrons. The van der Waals surface area contributed by atoms with Crippen LogP contribution >= 0.6 is 19.9 Å². The van der Waals surface area contributed by atoms with Crippen molar-refractivity contribution in [3.63, 3.8) is 0 Å². The van der Waals surface area contributed by atoms with Crippen molar-refractivity contribution in [1.29, 1.82) is 0 Å². The quantitative estimate of drug-likeness (QED) is 0.134. The minimum absolute atomic E-state index is 0.0722. The zero-order chi connectivity index (χ0) is 22.0. The Labute approximate surface area is 186 Å². The monoisotopic (exact) mass is 448 g/mol. The van der Waals surface area contributed by atoms with Gasteiger partial charge in [0.05, 0.1) is 21.1 Å². The highest BCUT2D eigenvalue weighted by molar-refractivity contribution is 8.13.